The lowest BCUT2D eigenvalue weighted by molar-refractivity contribution is 0.711. The summed E-state index contributed by atoms with van der Waals surface area (Å²) in [6, 6.07) is 1.99. The fourth-order valence-electron chi connectivity index (χ4n) is 1.46. The second-order valence-electron chi connectivity index (χ2n) is 3.54. The molecule has 0 bridgehead atoms. The highest BCUT2D eigenvalue weighted by molar-refractivity contribution is 9.10. The maximum Gasteiger partial charge on any atom is 0.145 e. The first kappa shape index (κ1) is 11.8. The fraction of sp³-hybridized carbons (Fsp3) is 0.300. The number of aryl methyl sites for hydroxylation is 1. The zero-order valence-electron chi connectivity index (χ0n) is 9.39. The summed E-state index contributed by atoms with van der Waals surface area (Å²) in [5, 5.41) is 7.31. The quantitative estimate of drug-likeness (QED) is 0.886. The third-order valence-electron chi connectivity index (χ3n) is 2.41. The SMILES string of the molecule is Cn1nccc1CCNc1ncnc(N)c1Br. The molecule has 0 aromatic carbocycles. The standard InChI is InChI=1S/C10H13BrN6/c1-17-7(3-5-16-17)2-4-13-10-8(11)9(12)14-6-15-10/h3,5-6H,2,4H2,1H3,(H3,12,13,14,15). The first-order valence-electron chi connectivity index (χ1n) is 5.15. The fourth-order valence-corrected chi connectivity index (χ4v) is 1.81. The summed E-state index contributed by atoms with van der Waals surface area (Å²) in [6.07, 6.45) is 4.09. The van der Waals surface area contributed by atoms with Crippen LogP contribution in [0.15, 0.2) is 23.1 Å². The van der Waals surface area contributed by atoms with Crippen molar-refractivity contribution in [2.24, 2.45) is 7.05 Å². The highest BCUT2D eigenvalue weighted by Crippen LogP contribution is 2.23. The van der Waals surface area contributed by atoms with Crippen LogP contribution in [0.5, 0.6) is 0 Å². The molecule has 6 nitrogen and oxygen atoms in total. The molecule has 0 aliphatic rings. The molecular formula is C10H13BrN6. The van der Waals surface area contributed by atoms with E-state index in [4.69, 9.17) is 5.73 Å². The summed E-state index contributed by atoms with van der Waals surface area (Å²) in [5.74, 6) is 1.14. The smallest absolute Gasteiger partial charge is 0.145 e. The molecule has 90 valence electrons. The molecule has 0 saturated carbocycles. The van der Waals surface area contributed by atoms with Crippen molar-refractivity contribution < 1.29 is 0 Å². The van der Waals surface area contributed by atoms with Gasteiger partial charge in [0.05, 0.1) is 0 Å². The van der Waals surface area contributed by atoms with E-state index in [1.54, 1.807) is 6.20 Å². The molecule has 0 amide bonds. The molecule has 7 heteroatoms. The third-order valence-corrected chi connectivity index (χ3v) is 3.19. The van der Waals surface area contributed by atoms with E-state index in [0.29, 0.717) is 16.1 Å². The van der Waals surface area contributed by atoms with Gasteiger partial charge < -0.3 is 11.1 Å². The van der Waals surface area contributed by atoms with E-state index in [1.165, 1.54) is 6.33 Å². The molecule has 0 saturated heterocycles. The van der Waals surface area contributed by atoms with Crippen LogP contribution in [-0.2, 0) is 13.5 Å². The predicted octanol–water partition coefficient (Wildman–Crippen LogP) is 1.21. The Kier molecular flexibility index (Phi) is 3.58. The van der Waals surface area contributed by atoms with Crippen LogP contribution in [0.2, 0.25) is 0 Å². The molecule has 0 aliphatic carbocycles. The van der Waals surface area contributed by atoms with Gasteiger partial charge in [0.25, 0.3) is 0 Å². The van der Waals surface area contributed by atoms with Crippen LogP contribution in [0.3, 0.4) is 0 Å². The first-order valence-corrected chi connectivity index (χ1v) is 5.94. The van der Waals surface area contributed by atoms with Gasteiger partial charge in [0, 0.05) is 31.9 Å². The van der Waals surface area contributed by atoms with Gasteiger partial charge in [-0.1, -0.05) is 0 Å². The van der Waals surface area contributed by atoms with Crippen molar-refractivity contribution in [3.8, 4) is 0 Å². The Morgan fingerprint density at radius 1 is 1.47 bits per heavy atom. The summed E-state index contributed by atoms with van der Waals surface area (Å²) in [6.45, 7) is 0.759. The van der Waals surface area contributed by atoms with Gasteiger partial charge in [0.1, 0.15) is 22.4 Å². The van der Waals surface area contributed by atoms with Gasteiger partial charge in [-0.25, -0.2) is 9.97 Å². The second-order valence-corrected chi connectivity index (χ2v) is 4.34. The van der Waals surface area contributed by atoms with Crippen molar-refractivity contribution in [1.29, 1.82) is 0 Å². The summed E-state index contributed by atoms with van der Waals surface area (Å²) in [5.41, 5.74) is 6.82. The van der Waals surface area contributed by atoms with E-state index in [1.807, 2.05) is 17.8 Å². The Morgan fingerprint density at radius 3 is 3.00 bits per heavy atom. The number of hydrogen-bond acceptors (Lipinski definition) is 5. The molecule has 0 aliphatic heterocycles. The van der Waals surface area contributed by atoms with Crippen LogP contribution < -0.4 is 11.1 Å². The van der Waals surface area contributed by atoms with E-state index >= 15 is 0 Å². The molecule has 2 heterocycles. The van der Waals surface area contributed by atoms with Crippen LogP contribution in [0.1, 0.15) is 5.69 Å². The van der Waals surface area contributed by atoms with Crippen LogP contribution >= 0.6 is 15.9 Å². The van der Waals surface area contributed by atoms with Crippen LogP contribution in [0.4, 0.5) is 11.6 Å². The van der Waals surface area contributed by atoms with Gasteiger partial charge in [-0.2, -0.15) is 5.10 Å². The number of nitrogens with zero attached hydrogens (tertiary/aromatic N) is 4. The molecule has 17 heavy (non-hydrogen) atoms. The van der Waals surface area contributed by atoms with Crippen molar-refractivity contribution in [2.75, 3.05) is 17.6 Å². The highest BCUT2D eigenvalue weighted by Gasteiger charge is 2.05. The lowest BCUT2D eigenvalue weighted by Crippen LogP contribution is -2.10. The van der Waals surface area contributed by atoms with Gasteiger partial charge in [0.15, 0.2) is 0 Å². The minimum absolute atomic E-state index is 0.433. The summed E-state index contributed by atoms with van der Waals surface area (Å²) >= 11 is 3.34. The summed E-state index contributed by atoms with van der Waals surface area (Å²) in [4.78, 5) is 7.99. The van der Waals surface area contributed by atoms with Gasteiger partial charge >= 0.3 is 0 Å². The third kappa shape index (κ3) is 2.73. The van der Waals surface area contributed by atoms with E-state index in [2.05, 4.69) is 36.3 Å². The zero-order chi connectivity index (χ0) is 12.3. The van der Waals surface area contributed by atoms with Crippen molar-refractivity contribution in [3.05, 3.63) is 28.8 Å². The minimum atomic E-state index is 0.433. The minimum Gasteiger partial charge on any atom is -0.383 e. The van der Waals surface area contributed by atoms with Crippen LogP contribution in [-0.4, -0.2) is 26.3 Å². The monoisotopic (exact) mass is 296 g/mol. The van der Waals surface area contributed by atoms with E-state index in [-0.39, 0.29) is 0 Å². The molecule has 0 radical (unpaired) electrons. The van der Waals surface area contributed by atoms with E-state index < -0.39 is 0 Å². The Bertz CT molecular complexity index is 509. The molecule has 0 spiro atoms. The zero-order valence-corrected chi connectivity index (χ0v) is 11.0. The Hall–Kier alpha value is -1.63. The number of nitrogens with one attached hydrogen (secondary N) is 1. The number of rotatable bonds is 4. The van der Waals surface area contributed by atoms with E-state index in [9.17, 15) is 0 Å². The van der Waals surface area contributed by atoms with Crippen molar-refractivity contribution in [1.82, 2.24) is 19.7 Å². The molecule has 2 aromatic rings. The topological polar surface area (TPSA) is 81.7 Å². The van der Waals surface area contributed by atoms with Crippen LogP contribution in [0, 0.1) is 0 Å². The van der Waals surface area contributed by atoms with E-state index in [0.717, 1.165) is 18.7 Å². The molecule has 2 rings (SSSR count). The summed E-state index contributed by atoms with van der Waals surface area (Å²) < 4.78 is 2.55. The normalized spacial score (nSPS) is 10.5. The van der Waals surface area contributed by atoms with Crippen molar-refractivity contribution in [3.63, 3.8) is 0 Å². The number of halogens is 1. The largest absolute Gasteiger partial charge is 0.383 e. The number of nitrogen functional groups attached to an aromatic ring is 1. The van der Waals surface area contributed by atoms with Gasteiger partial charge in [-0.3, -0.25) is 4.68 Å². The first-order chi connectivity index (χ1) is 8.18. The maximum absolute atomic E-state index is 5.66. The van der Waals surface area contributed by atoms with Crippen molar-refractivity contribution in [2.45, 2.75) is 6.42 Å². The van der Waals surface area contributed by atoms with Crippen LogP contribution in [0.25, 0.3) is 0 Å². The van der Waals surface area contributed by atoms with Gasteiger partial charge in [0.2, 0.25) is 0 Å². The molecule has 2 aromatic heterocycles. The predicted molar refractivity (Wildman–Crippen MR) is 69.5 cm³/mol. The molecule has 0 unspecified atom stereocenters. The highest BCUT2D eigenvalue weighted by atomic mass is 79.9. The Labute approximate surface area is 107 Å². The Morgan fingerprint density at radius 2 is 2.29 bits per heavy atom. The van der Waals surface area contributed by atoms with Gasteiger partial charge in [-0.05, 0) is 22.0 Å². The number of nitrogens with two attached hydrogens (primary N) is 1. The molecule has 0 fully saturated rings. The lowest BCUT2D eigenvalue weighted by atomic mass is 10.3. The van der Waals surface area contributed by atoms with Crippen molar-refractivity contribution >= 4 is 27.6 Å². The average Bonchev–Trinajstić information content (AvgIpc) is 2.71. The maximum atomic E-state index is 5.66. The number of hydrogen-bond donors (Lipinski definition) is 2. The summed E-state index contributed by atoms with van der Waals surface area (Å²) in [7, 11) is 1.92. The lowest BCUT2D eigenvalue weighted by Gasteiger charge is -2.08. The molecule has 3 N–H and O–H groups in total. The number of anilines is 2. The Balaban J connectivity index is 1.95. The molecule has 0 atom stereocenters. The molecular weight excluding hydrogens is 284 g/mol. The second kappa shape index (κ2) is 5.13. The average molecular weight is 297 g/mol. The number of aromatic nitrogens is 4. The van der Waals surface area contributed by atoms with Gasteiger partial charge in [-0.15, -0.1) is 0 Å².